The molecule has 0 amide bonds. The van der Waals surface area contributed by atoms with Crippen molar-refractivity contribution in [3.63, 3.8) is 0 Å². The first-order valence-corrected chi connectivity index (χ1v) is 6.86. The average Bonchev–Trinajstić information content (AvgIpc) is 2.04. The molecule has 0 heterocycles. The summed E-state index contributed by atoms with van der Waals surface area (Å²) in [7, 11) is 0. The molecule has 0 spiro atoms. The standard InChI is InChI=1S/C11H19I/c1-2-3-11(8-12)6-9-4-10(5-9)7-11/h9-10H,2-8H2,1H3. The molecule has 3 aliphatic carbocycles. The molecule has 0 saturated heterocycles. The van der Waals surface area contributed by atoms with Crippen LogP contribution in [0.4, 0.5) is 0 Å². The second-order valence-corrected chi connectivity index (χ2v) is 5.76. The molecule has 0 aromatic carbocycles. The summed E-state index contributed by atoms with van der Waals surface area (Å²) in [4.78, 5) is 0. The molecule has 70 valence electrons. The van der Waals surface area contributed by atoms with Crippen molar-refractivity contribution in [2.45, 2.75) is 45.4 Å². The summed E-state index contributed by atoms with van der Waals surface area (Å²) >= 11 is 2.61. The number of hydrogen-bond donors (Lipinski definition) is 0. The predicted octanol–water partition coefficient (Wildman–Crippen LogP) is 4.03. The lowest BCUT2D eigenvalue weighted by Gasteiger charge is -2.52. The summed E-state index contributed by atoms with van der Waals surface area (Å²) in [6, 6.07) is 0. The van der Waals surface area contributed by atoms with Gasteiger partial charge in [-0.1, -0.05) is 35.9 Å². The number of hydrogen-bond acceptors (Lipinski definition) is 0. The van der Waals surface area contributed by atoms with E-state index >= 15 is 0 Å². The summed E-state index contributed by atoms with van der Waals surface area (Å²) in [6.45, 7) is 2.34. The van der Waals surface area contributed by atoms with E-state index in [1.807, 2.05) is 0 Å². The first-order chi connectivity index (χ1) is 5.78. The molecule has 0 radical (unpaired) electrons. The average molecular weight is 278 g/mol. The van der Waals surface area contributed by atoms with Gasteiger partial charge >= 0.3 is 0 Å². The lowest BCUT2D eigenvalue weighted by molar-refractivity contribution is 0.00793. The molecular formula is C11H19I. The van der Waals surface area contributed by atoms with Gasteiger partial charge < -0.3 is 0 Å². The Bertz CT molecular complexity index is 148. The van der Waals surface area contributed by atoms with Gasteiger partial charge in [0.25, 0.3) is 0 Å². The fraction of sp³-hybridized carbons (Fsp3) is 1.00. The van der Waals surface area contributed by atoms with Gasteiger partial charge in [0.15, 0.2) is 0 Å². The van der Waals surface area contributed by atoms with Crippen molar-refractivity contribution < 1.29 is 0 Å². The Labute approximate surface area is 89.6 Å². The third kappa shape index (κ3) is 1.53. The van der Waals surface area contributed by atoms with Gasteiger partial charge in [-0.25, -0.2) is 0 Å². The normalized spacial score (nSPS) is 45.5. The minimum atomic E-state index is 0.779. The Hall–Kier alpha value is 0.730. The Morgan fingerprint density at radius 1 is 1.25 bits per heavy atom. The fourth-order valence-corrected chi connectivity index (χ4v) is 4.43. The van der Waals surface area contributed by atoms with Crippen LogP contribution >= 0.6 is 22.6 Å². The SMILES string of the molecule is CCCC1(CI)CC2CC(C2)C1. The molecule has 0 aliphatic heterocycles. The van der Waals surface area contributed by atoms with Gasteiger partial charge in [-0.15, -0.1) is 0 Å². The molecule has 0 aromatic rings. The molecule has 0 atom stereocenters. The molecule has 0 aromatic heterocycles. The minimum Gasteiger partial charge on any atom is -0.0858 e. The number of halogens is 1. The van der Waals surface area contributed by atoms with E-state index in [4.69, 9.17) is 0 Å². The van der Waals surface area contributed by atoms with E-state index in [2.05, 4.69) is 29.5 Å². The molecule has 3 aliphatic rings. The van der Waals surface area contributed by atoms with Crippen LogP contribution in [0.1, 0.15) is 45.4 Å². The van der Waals surface area contributed by atoms with Crippen molar-refractivity contribution in [1.29, 1.82) is 0 Å². The quantitative estimate of drug-likeness (QED) is 0.540. The number of fused-ring (bicyclic) bond motifs is 2. The molecule has 3 fully saturated rings. The highest BCUT2D eigenvalue weighted by atomic mass is 127. The second-order valence-electron chi connectivity index (χ2n) is 5.00. The van der Waals surface area contributed by atoms with E-state index in [0.717, 1.165) is 17.3 Å². The zero-order valence-electron chi connectivity index (χ0n) is 7.98. The van der Waals surface area contributed by atoms with E-state index in [1.165, 1.54) is 17.3 Å². The van der Waals surface area contributed by atoms with Crippen molar-refractivity contribution >= 4 is 22.6 Å². The van der Waals surface area contributed by atoms with Crippen LogP contribution in [0.5, 0.6) is 0 Å². The smallest absolute Gasteiger partial charge is 0.00522 e. The van der Waals surface area contributed by atoms with Crippen LogP contribution < -0.4 is 0 Å². The molecule has 0 nitrogen and oxygen atoms in total. The van der Waals surface area contributed by atoms with Gasteiger partial charge in [-0.2, -0.15) is 0 Å². The van der Waals surface area contributed by atoms with Crippen molar-refractivity contribution in [1.82, 2.24) is 0 Å². The monoisotopic (exact) mass is 278 g/mol. The van der Waals surface area contributed by atoms with Gasteiger partial charge in [0.05, 0.1) is 0 Å². The van der Waals surface area contributed by atoms with E-state index in [-0.39, 0.29) is 0 Å². The summed E-state index contributed by atoms with van der Waals surface area (Å²) in [5.74, 6) is 2.26. The lowest BCUT2D eigenvalue weighted by atomic mass is 9.55. The third-order valence-electron chi connectivity index (χ3n) is 3.84. The maximum Gasteiger partial charge on any atom is 0.00522 e. The van der Waals surface area contributed by atoms with Crippen LogP contribution in [-0.4, -0.2) is 4.43 Å². The molecule has 3 rings (SSSR count). The molecule has 0 N–H and O–H groups in total. The number of rotatable bonds is 3. The molecule has 1 heteroatoms. The van der Waals surface area contributed by atoms with Crippen LogP contribution in [0.25, 0.3) is 0 Å². The van der Waals surface area contributed by atoms with E-state index in [0.29, 0.717) is 0 Å². The summed E-state index contributed by atoms with van der Waals surface area (Å²) < 4.78 is 1.41. The maximum absolute atomic E-state index is 2.61. The van der Waals surface area contributed by atoms with Crippen molar-refractivity contribution in [3.05, 3.63) is 0 Å². The van der Waals surface area contributed by atoms with Crippen molar-refractivity contribution in [3.8, 4) is 0 Å². The fourth-order valence-electron chi connectivity index (χ4n) is 3.43. The van der Waals surface area contributed by atoms with Crippen LogP contribution in [-0.2, 0) is 0 Å². The van der Waals surface area contributed by atoms with Crippen LogP contribution in [0.2, 0.25) is 0 Å². The van der Waals surface area contributed by atoms with Gasteiger partial charge in [0.1, 0.15) is 0 Å². The molecule has 0 unspecified atom stereocenters. The van der Waals surface area contributed by atoms with Crippen LogP contribution in [0.3, 0.4) is 0 Å². The van der Waals surface area contributed by atoms with Crippen molar-refractivity contribution in [2.75, 3.05) is 4.43 Å². The maximum atomic E-state index is 2.61. The Morgan fingerprint density at radius 2 is 1.83 bits per heavy atom. The van der Waals surface area contributed by atoms with Gasteiger partial charge in [-0.3, -0.25) is 0 Å². The largest absolute Gasteiger partial charge is 0.0858 e. The Balaban J connectivity index is 1.98. The first-order valence-electron chi connectivity index (χ1n) is 5.34. The first kappa shape index (κ1) is 9.29. The van der Waals surface area contributed by atoms with Crippen molar-refractivity contribution in [2.24, 2.45) is 17.3 Å². The van der Waals surface area contributed by atoms with E-state index in [9.17, 15) is 0 Å². The van der Waals surface area contributed by atoms with Gasteiger partial charge in [0.2, 0.25) is 0 Å². The summed E-state index contributed by atoms with van der Waals surface area (Å²) in [6.07, 6.45) is 9.14. The van der Waals surface area contributed by atoms with Crippen LogP contribution in [0, 0.1) is 17.3 Å². The summed E-state index contributed by atoms with van der Waals surface area (Å²) in [5, 5.41) is 0. The molecule has 2 bridgehead atoms. The molecule has 12 heavy (non-hydrogen) atoms. The minimum absolute atomic E-state index is 0.779. The second kappa shape index (κ2) is 3.47. The highest BCUT2D eigenvalue weighted by molar-refractivity contribution is 14.1. The lowest BCUT2D eigenvalue weighted by Crippen LogP contribution is -2.42. The summed E-state index contributed by atoms with van der Waals surface area (Å²) in [5.41, 5.74) is 0.779. The molecule has 3 saturated carbocycles. The predicted molar refractivity (Wildman–Crippen MR) is 61.7 cm³/mol. The number of alkyl halides is 1. The van der Waals surface area contributed by atoms with Gasteiger partial charge in [-0.05, 0) is 49.4 Å². The Morgan fingerprint density at radius 3 is 2.25 bits per heavy atom. The highest BCUT2D eigenvalue weighted by Crippen LogP contribution is 2.56. The topological polar surface area (TPSA) is 0 Å². The van der Waals surface area contributed by atoms with Crippen LogP contribution in [0.15, 0.2) is 0 Å². The Kier molecular flexibility index (Phi) is 2.69. The zero-order chi connectivity index (χ0) is 8.60. The van der Waals surface area contributed by atoms with Gasteiger partial charge in [0, 0.05) is 4.43 Å². The van der Waals surface area contributed by atoms with E-state index < -0.39 is 0 Å². The highest BCUT2D eigenvalue weighted by Gasteiger charge is 2.45. The molecular weight excluding hydrogens is 259 g/mol. The third-order valence-corrected chi connectivity index (χ3v) is 5.46. The zero-order valence-corrected chi connectivity index (χ0v) is 10.1. The van der Waals surface area contributed by atoms with E-state index in [1.54, 1.807) is 25.7 Å².